The van der Waals surface area contributed by atoms with Gasteiger partial charge in [-0.25, -0.2) is 13.4 Å². The fraction of sp³-hybridized carbons (Fsp3) is 0.500. The minimum Gasteiger partial charge on any atom is -0.357 e. The monoisotopic (exact) mass is 297 g/mol. The number of nitrogens with one attached hydrogen (secondary N) is 1. The third-order valence-corrected chi connectivity index (χ3v) is 4.07. The third kappa shape index (κ3) is 4.52. The normalized spacial score (nSPS) is 12.3. The highest BCUT2D eigenvalue weighted by Gasteiger charge is 2.10. The van der Waals surface area contributed by atoms with E-state index in [1.54, 1.807) is 13.0 Å². The summed E-state index contributed by atoms with van der Waals surface area (Å²) in [6, 6.07) is 5.34. The summed E-state index contributed by atoms with van der Waals surface area (Å²) < 4.78 is 23.1. The first-order valence-electron chi connectivity index (χ1n) is 6.51. The van der Waals surface area contributed by atoms with Crippen LogP contribution in [0.4, 0.5) is 0 Å². The zero-order chi connectivity index (χ0) is 15.3. The Morgan fingerprint density at radius 2 is 2.00 bits per heavy atom. The van der Waals surface area contributed by atoms with Crippen molar-refractivity contribution in [2.75, 3.05) is 26.9 Å². The molecule has 0 atom stereocenters. The zero-order valence-corrected chi connectivity index (χ0v) is 13.6. The van der Waals surface area contributed by atoms with Crippen LogP contribution in [-0.4, -0.2) is 46.2 Å². The first kappa shape index (κ1) is 16.5. The van der Waals surface area contributed by atoms with Gasteiger partial charge in [-0.3, -0.25) is 0 Å². The van der Waals surface area contributed by atoms with Gasteiger partial charge in [-0.05, 0) is 31.0 Å². The van der Waals surface area contributed by atoms with Gasteiger partial charge in [-0.2, -0.15) is 0 Å². The van der Waals surface area contributed by atoms with Crippen molar-refractivity contribution in [1.29, 1.82) is 0 Å². The third-order valence-electron chi connectivity index (χ3n) is 2.81. The average molecular weight is 297 g/mol. The van der Waals surface area contributed by atoms with Gasteiger partial charge < -0.3 is 10.2 Å². The fourth-order valence-electron chi connectivity index (χ4n) is 1.91. The Balaban J connectivity index is 2.95. The first-order chi connectivity index (χ1) is 9.25. The van der Waals surface area contributed by atoms with E-state index in [1.807, 2.05) is 38.1 Å². The summed E-state index contributed by atoms with van der Waals surface area (Å²) in [5.41, 5.74) is 1.75. The number of aryl methyl sites for hydroxylation is 1. The second-order valence-electron chi connectivity index (χ2n) is 4.94. The number of rotatable bonds is 4. The molecular weight excluding hydrogens is 274 g/mol. The molecule has 0 amide bonds. The van der Waals surface area contributed by atoms with Crippen LogP contribution in [0.5, 0.6) is 0 Å². The van der Waals surface area contributed by atoms with E-state index in [2.05, 4.69) is 10.3 Å². The van der Waals surface area contributed by atoms with E-state index in [1.165, 1.54) is 6.26 Å². The quantitative estimate of drug-likeness (QED) is 0.674. The lowest BCUT2D eigenvalue weighted by atomic mass is 10.1. The Morgan fingerprint density at radius 1 is 1.35 bits per heavy atom. The minimum atomic E-state index is -3.16. The van der Waals surface area contributed by atoms with Crippen molar-refractivity contribution < 1.29 is 8.42 Å². The number of benzene rings is 1. The number of aliphatic imine (C=N–C) groups is 1. The van der Waals surface area contributed by atoms with Crippen LogP contribution in [0.2, 0.25) is 0 Å². The maximum Gasteiger partial charge on any atom is 0.193 e. The van der Waals surface area contributed by atoms with Crippen LogP contribution in [0.3, 0.4) is 0 Å². The molecule has 5 nitrogen and oxygen atoms in total. The zero-order valence-electron chi connectivity index (χ0n) is 12.8. The molecule has 0 saturated carbocycles. The second-order valence-corrected chi connectivity index (χ2v) is 6.92. The fourth-order valence-corrected chi connectivity index (χ4v) is 2.86. The molecule has 0 aromatic heterocycles. The highest BCUT2D eigenvalue weighted by atomic mass is 32.2. The van der Waals surface area contributed by atoms with Gasteiger partial charge in [0.2, 0.25) is 0 Å². The molecule has 20 heavy (non-hydrogen) atoms. The van der Waals surface area contributed by atoms with Crippen molar-refractivity contribution in [3.63, 3.8) is 0 Å². The van der Waals surface area contributed by atoms with Crippen LogP contribution < -0.4 is 5.32 Å². The molecule has 0 bridgehead atoms. The topological polar surface area (TPSA) is 61.8 Å². The predicted molar refractivity (Wildman–Crippen MR) is 82.8 cm³/mol. The van der Waals surface area contributed by atoms with Gasteiger partial charge in [-0.1, -0.05) is 12.1 Å². The molecule has 1 aromatic rings. The van der Waals surface area contributed by atoms with Crippen LogP contribution in [0.15, 0.2) is 28.1 Å². The van der Waals surface area contributed by atoms with E-state index in [0.29, 0.717) is 11.4 Å². The van der Waals surface area contributed by atoms with Gasteiger partial charge in [0.25, 0.3) is 0 Å². The van der Waals surface area contributed by atoms with Gasteiger partial charge in [-0.15, -0.1) is 0 Å². The summed E-state index contributed by atoms with van der Waals surface area (Å²) in [7, 11) is 0.700. The van der Waals surface area contributed by atoms with Crippen molar-refractivity contribution in [3.8, 4) is 0 Å². The maximum absolute atomic E-state index is 11.6. The SMILES string of the molecule is CCNC(=NCc1ccc(S(C)(=O)=O)c(C)c1)N(C)C. The van der Waals surface area contributed by atoms with Crippen molar-refractivity contribution in [2.24, 2.45) is 4.99 Å². The molecule has 0 saturated heterocycles. The van der Waals surface area contributed by atoms with Crippen LogP contribution in [0.1, 0.15) is 18.1 Å². The summed E-state index contributed by atoms with van der Waals surface area (Å²) in [5, 5.41) is 3.18. The molecule has 0 fully saturated rings. The molecule has 0 aliphatic rings. The number of hydrogen-bond acceptors (Lipinski definition) is 3. The highest BCUT2D eigenvalue weighted by molar-refractivity contribution is 7.90. The number of sulfone groups is 1. The summed E-state index contributed by atoms with van der Waals surface area (Å²) in [5.74, 6) is 0.817. The molecule has 112 valence electrons. The Morgan fingerprint density at radius 3 is 2.45 bits per heavy atom. The largest absolute Gasteiger partial charge is 0.357 e. The van der Waals surface area contributed by atoms with E-state index >= 15 is 0 Å². The van der Waals surface area contributed by atoms with E-state index < -0.39 is 9.84 Å². The van der Waals surface area contributed by atoms with Gasteiger partial charge >= 0.3 is 0 Å². The van der Waals surface area contributed by atoms with E-state index in [-0.39, 0.29) is 0 Å². The summed E-state index contributed by atoms with van der Waals surface area (Å²) in [6.07, 6.45) is 1.22. The predicted octanol–water partition coefficient (Wildman–Crippen LogP) is 1.43. The molecule has 1 rings (SSSR count). The number of guanidine groups is 1. The van der Waals surface area contributed by atoms with Crippen molar-refractivity contribution in [1.82, 2.24) is 10.2 Å². The molecule has 1 aromatic carbocycles. The van der Waals surface area contributed by atoms with Crippen molar-refractivity contribution in [2.45, 2.75) is 25.3 Å². The maximum atomic E-state index is 11.6. The first-order valence-corrected chi connectivity index (χ1v) is 8.40. The van der Waals surface area contributed by atoms with Crippen LogP contribution in [-0.2, 0) is 16.4 Å². The molecule has 0 heterocycles. The Labute approximate surface area is 121 Å². The van der Waals surface area contributed by atoms with Crippen molar-refractivity contribution in [3.05, 3.63) is 29.3 Å². The van der Waals surface area contributed by atoms with Crippen LogP contribution in [0.25, 0.3) is 0 Å². The van der Waals surface area contributed by atoms with Gasteiger partial charge in [0.15, 0.2) is 15.8 Å². The van der Waals surface area contributed by atoms with Crippen LogP contribution >= 0.6 is 0 Å². The van der Waals surface area contributed by atoms with E-state index in [9.17, 15) is 8.42 Å². The second kappa shape index (κ2) is 6.74. The Hall–Kier alpha value is -1.56. The minimum absolute atomic E-state index is 0.379. The Kier molecular flexibility index (Phi) is 5.56. The molecule has 0 spiro atoms. The smallest absolute Gasteiger partial charge is 0.193 e. The summed E-state index contributed by atoms with van der Waals surface area (Å²) >= 11 is 0. The number of nitrogens with zero attached hydrogens (tertiary/aromatic N) is 2. The lowest BCUT2D eigenvalue weighted by Gasteiger charge is -2.16. The molecule has 6 heteroatoms. The highest BCUT2D eigenvalue weighted by Crippen LogP contribution is 2.17. The van der Waals surface area contributed by atoms with Crippen molar-refractivity contribution >= 4 is 15.8 Å². The van der Waals surface area contributed by atoms with Gasteiger partial charge in [0, 0.05) is 26.9 Å². The summed E-state index contributed by atoms with van der Waals surface area (Å²) in [6.45, 7) is 5.15. The van der Waals surface area contributed by atoms with Crippen LogP contribution in [0, 0.1) is 6.92 Å². The Bertz CT molecular complexity index is 592. The number of hydrogen-bond donors (Lipinski definition) is 1. The molecule has 1 N–H and O–H groups in total. The molecule has 0 aliphatic carbocycles. The lowest BCUT2D eigenvalue weighted by Crippen LogP contribution is -2.36. The van der Waals surface area contributed by atoms with Gasteiger partial charge in [0.1, 0.15) is 0 Å². The standard InChI is InChI=1S/C14H23N3O2S/c1-6-15-14(17(3)4)16-10-12-7-8-13(11(2)9-12)20(5,18)19/h7-9H,6,10H2,1-5H3,(H,15,16). The van der Waals surface area contributed by atoms with E-state index in [4.69, 9.17) is 0 Å². The summed E-state index contributed by atoms with van der Waals surface area (Å²) in [4.78, 5) is 6.80. The molecule has 0 radical (unpaired) electrons. The van der Waals surface area contributed by atoms with E-state index in [0.717, 1.165) is 23.6 Å². The molecule has 0 unspecified atom stereocenters. The molecule has 0 aliphatic heterocycles. The lowest BCUT2D eigenvalue weighted by molar-refractivity contribution is 0.583. The van der Waals surface area contributed by atoms with Gasteiger partial charge in [0.05, 0.1) is 11.4 Å². The molecular formula is C14H23N3O2S. The average Bonchev–Trinajstić information content (AvgIpc) is 2.32.